The van der Waals surface area contributed by atoms with Crippen molar-refractivity contribution in [3.63, 3.8) is 0 Å². The van der Waals surface area contributed by atoms with Crippen molar-refractivity contribution in [2.45, 2.75) is 144 Å². The number of aromatic nitrogens is 2. The van der Waals surface area contributed by atoms with E-state index in [4.69, 9.17) is 26.1 Å². The molecule has 8 rings (SSSR count). The van der Waals surface area contributed by atoms with Crippen LogP contribution in [-0.4, -0.2) is 83.9 Å². The van der Waals surface area contributed by atoms with E-state index in [0.29, 0.717) is 28.9 Å². The van der Waals surface area contributed by atoms with Gasteiger partial charge < -0.3 is 29.6 Å². The van der Waals surface area contributed by atoms with E-state index in [1.807, 2.05) is 6.92 Å². The standard InChI is InChI=1S/C41H53ClN6O8S/c1-3-26-22-41(26,37(52)46-57(54)40(2)17-18-40)45-34(49)31-21-28-23-48(31)36(51)33(25-11-6-7-12-25)44-39(53)56-32-14-9-13-24(32)10-5-4-8-19-47-35(50)29-16-15-27(42)20-30(29)43-38(47)55-28/h3,15-16,20,24-26,28,31-33H,1,4-14,17-19,21-23H2,2H3,(H,44,53)(H,45,49)(H,46,52)/t24-,26-,28-,31+,32-,33+,41-,57?/m1/s1. The molecule has 5 fully saturated rings. The molecule has 57 heavy (non-hydrogen) atoms. The smallest absolute Gasteiger partial charge is 0.408 e. The molecule has 4 aliphatic carbocycles. The molecule has 2 aliphatic heterocycles. The monoisotopic (exact) mass is 824 g/mol. The second kappa shape index (κ2) is 16.1. The van der Waals surface area contributed by atoms with Gasteiger partial charge in [-0.05, 0) is 88.3 Å². The fourth-order valence-corrected chi connectivity index (χ4v) is 10.7. The maximum absolute atomic E-state index is 14.9. The van der Waals surface area contributed by atoms with E-state index in [9.17, 15) is 28.5 Å². The number of halogens is 1. The van der Waals surface area contributed by atoms with E-state index >= 15 is 0 Å². The Hall–Kier alpha value is -3.82. The Morgan fingerprint density at radius 1 is 1.04 bits per heavy atom. The molecule has 1 aromatic carbocycles. The van der Waals surface area contributed by atoms with Crippen LogP contribution in [0.5, 0.6) is 6.01 Å². The molecule has 8 atom stereocenters. The van der Waals surface area contributed by atoms with Crippen molar-refractivity contribution in [2.75, 3.05) is 6.54 Å². The molecule has 4 saturated carbocycles. The van der Waals surface area contributed by atoms with E-state index in [-0.39, 0.29) is 48.9 Å². The van der Waals surface area contributed by atoms with Gasteiger partial charge in [0.05, 0.1) is 28.8 Å². The second-order valence-electron chi connectivity index (χ2n) is 17.3. The first-order valence-corrected chi connectivity index (χ1v) is 22.2. The highest BCUT2D eigenvalue weighted by Crippen LogP contribution is 2.47. The lowest BCUT2D eigenvalue weighted by Gasteiger charge is -2.32. The number of carbonyl (C=O) groups excluding carboxylic acids is 4. The Morgan fingerprint density at radius 2 is 1.77 bits per heavy atom. The van der Waals surface area contributed by atoms with Crippen LogP contribution >= 0.6 is 11.6 Å². The lowest BCUT2D eigenvalue weighted by Crippen LogP contribution is -2.59. The maximum Gasteiger partial charge on any atom is 0.408 e. The lowest BCUT2D eigenvalue weighted by atomic mass is 9.96. The normalized spacial score (nSPS) is 32.1. The van der Waals surface area contributed by atoms with Crippen LogP contribution in [0.3, 0.4) is 0 Å². The summed E-state index contributed by atoms with van der Waals surface area (Å²) in [5, 5.41) is 6.70. The molecule has 308 valence electrons. The quantitative estimate of drug-likeness (QED) is 0.260. The molecule has 1 aromatic heterocycles. The van der Waals surface area contributed by atoms with Crippen LogP contribution in [0.15, 0.2) is 35.6 Å². The Labute approximate surface area is 340 Å². The average Bonchev–Trinajstić information content (AvgIpc) is 3.79. The SMILES string of the molecule is C=C[C@@H]1C[C@]1(NC(=O)[C@@H]1C[C@@H]2CN1C(=O)[C@H](C1CCCC1)NC(=O)O[C@@H]1CCC[C@H]1CCCCCn1c(nc3cc(Cl)ccc3c1=O)O2)C(=O)N[S+]([O-])C1(C)CC1. The summed E-state index contributed by atoms with van der Waals surface area (Å²) < 4.78 is 29.3. The molecule has 3 heterocycles. The van der Waals surface area contributed by atoms with Gasteiger partial charge in [-0.1, -0.05) is 43.4 Å². The maximum atomic E-state index is 14.9. The first-order chi connectivity index (χ1) is 27.4. The molecule has 4 amide bonds. The van der Waals surface area contributed by atoms with Crippen LogP contribution in [0.25, 0.3) is 10.9 Å². The third-order valence-electron chi connectivity index (χ3n) is 13.4. The zero-order chi connectivity index (χ0) is 40.1. The zero-order valence-corrected chi connectivity index (χ0v) is 34.0. The van der Waals surface area contributed by atoms with Crippen molar-refractivity contribution in [2.24, 2.45) is 17.8 Å². The number of benzene rings is 1. The van der Waals surface area contributed by atoms with Crippen LogP contribution in [-0.2, 0) is 37.0 Å². The van der Waals surface area contributed by atoms with Crippen molar-refractivity contribution in [3.8, 4) is 6.01 Å². The molecule has 3 N–H and O–H groups in total. The third kappa shape index (κ3) is 8.12. The molecule has 1 unspecified atom stereocenters. The highest BCUT2D eigenvalue weighted by atomic mass is 35.5. The number of hydrogen-bond acceptors (Lipinski definition) is 9. The summed E-state index contributed by atoms with van der Waals surface area (Å²) >= 11 is 4.68. The first kappa shape index (κ1) is 40.0. The highest BCUT2D eigenvalue weighted by Gasteiger charge is 2.63. The van der Waals surface area contributed by atoms with Gasteiger partial charge in [-0.25, -0.2) is 4.79 Å². The van der Waals surface area contributed by atoms with E-state index in [1.54, 1.807) is 24.3 Å². The van der Waals surface area contributed by atoms with Crippen LogP contribution < -0.4 is 25.7 Å². The van der Waals surface area contributed by atoms with Gasteiger partial charge in [-0.15, -0.1) is 6.58 Å². The molecule has 16 heteroatoms. The molecule has 2 bridgehead atoms. The average molecular weight is 825 g/mol. The van der Waals surface area contributed by atoms with Crippen LogP contribution in [0.2, 0.25) is 5.02 Å². The van der Waals surface area contributed by atoms with Crippen LogP contribution in [0.1, 0.15) is 103 Å². The van der Waals surface area contributed by atoms with Gasteiger partial charge in [0, 0.05) is 36.7 Å². The second-order valence-corrected chi connectivity index (χ2v) is 19.5. The van der Waals surface area contributed by atoms with Gasteiger partial charge in [0.1, 0.15) is 34.6 Å². The van der Waals surface area contributed by atoms with Crippen molar-refractivity contribution in [1.29, 1.82) is 0 Å². The zero-order valence-electron chi connectivity index (χ0n) is 32.5. The Morgan fingerprint density at radius 3 is 2.51 bits per heavy atom. The Bertz CT molecular complexity index is 1990. The summed E-state index contributed by atoms with van der Waals surface area (Å²) in [5.74, 6) is -1.96. The largest absolute Gasteiger partial charge is 0.593 e. The summed E-state index contributed by atoms with van der Waals surface area (Å²) in [6.07, 6.45) is 10.9. The number of rotatable bonds is 7. The Kier molecular flexibility index (Phi) is 11.3. The predicted molar refractivity (Wildman–Crippen MR) is 214 cm³/mol. The van der Waals surface area contributed by atoms with E-state index in [2.05, 4.69) is 21.9 Å². The Balaban J connectivity index is 1.13. The summed E-state index contributed by atoms with van der Waals surface area (Å²) in [6.45, 7) is 6.01. The highest BCUT2D eigenvalue weighted by molar-refractivity contribution is 7.91. The van der Waals surface area contributed by atoms with Crippen molar-refractivity contribution in [3.05, 3.63) is 46.2 Å². The van der Waals surface area contributed by atoms with Crippen LogP contribution in [0.4, 0.5) is 4.79 Å². The molecular weight excluding hydrogens is 772 g/mol. The molecule has 2 aromatic rings. The molecule has 14 nitrogen and oxygen atoms in total. The van der Waals surface area contributed by atoms with Gasteiger partial charge in [0.15, 0.2) is 0 Å². The van der Waals surface area contributed by atoms with E-state index in [1.165, 1.54) is 9.47 Å². The first-order valence-electron chi connectivity index (χ1n) is 20.7. The van der Waals surface area contributed by atoms with Crippen molar-refractivity contribution < 1.29 is 33.2 Å². The molecule has 0 radical (unpaired) electrons. The van der Waals surface area contributed by atoms with Gasteiger partial charge in [-0.3, -0.25) is 23.7 Å². The fourth-order valence-electron chi connectivity index (χ4n) is 9.47. The van der Waals surface area contributed by atoms with Crippen molar-refractivity contribution in [1.82, 2.24) is 29.8 Å². The minimum Gasteiger partial charge on any atom is -0.593 e. The summed E-state index contributed by atoms with van der Waals surface area (Å²) in [5.41, 5.74) is -1.29. The number of carbonyl (C=O) groups is 4. The number of nitrogens with one attached hydrogen (secondary N) is 3. The van der Waals surface area contributed by atoms with Crippen LogP contribution in [0, 0.1) is 17.8 Å². The summed E-state index contributed by atoms with van der Waals surface area (Å²) in [4.78, 5) is 76.9. The third-order valence-corrected chi connectivity index (χ3v) is 15.3. The van der Waals surface area contributed by atoms with Gasteiger partial charge >= 0.3 is 6.09 Å². The summed E-state index contributed by atoms with van der Waals surface area (Å²) in [7, 11) is 0. The topological polar surface area (TPSA) is 184 Å². The summed E-state index contributed by atoms with van der Waals surface area (Å²) in [6, 6.07) is 2.92. The molecule has 0 spiro atoms. The minimum absolute atomic E-state index is 0.0209. The molecule has 1 saturated heterocycles. The minimum atomic E-state index is -1.64. The number of ether oxygens (including phenoxy) is 2. The number of nitrogens with zero attached hydrogens (tertiary/aromatic N) is 3. The number of amides is 4. The van der Waals surface area contributed by atoms with Gasteiger partial charge in [-0.2, -0.15) is 9.71 Å². The predicted octanol–water partition coefficient (Wildman–Crippen LogP) is 4.82. The van der Waals surface area contributed by atoms with Crippen molar-refractivity contribution >= 4 is 57.7 Å². The number of hydrogen-bond donors (Lipinski definition) is 3. The van der Waals surface area contributed by atoms with Gasteiger partial charge in [0.25, 0.3) is 17.5 Å². The lowest BCUT2D eigenvalue weighted by molar-refractivity contribution is -0.142. The number of fused-ring (bicyclic) bond motifs is 5. The fraction of sp³-hybridized carbons (Fsp3) is 0.659. The van der Waals surface area contributed by atoms with E-state index < -0.39 is 69.6 Å². The number of alkyl carbamates (subject to hydrolysis) is 1. The molecular formula is C41H53ClN6O8S. The van der Waals surface area contributed by atoms with E-state index in [0.717, 1.165) is 77.0 Å². The van der Waals surface area contributed by atoms with Gasteiger partial charge in [0.2, 0.25) is 11.8 Å². The molecule has 6 aliphatic rings.